The van der Waals surface area contributed by atoms with Crippen LogP contribution < -0.4 is 5.73 Å². The molecule has 0 aromatic heterocycles. The average Bonchev–Trinajstić information content (AvgIpc) is 2.33. The Morgan fingerprint density at radius 3 is 2.82 bits per heavy atom. The molecule has 1 aromatic rings. The minimum Gasteiger partial charge on any atom is -0.399 e. The number of carbonyl (C=O) groups excluding carboxylic acids is 1. The Balaban J connectivity index is 2.89. The number of aliphatic hydroxyl groups excluding tert-OH is 1. The van der Waals surface area contributed by atoms with Gasteiger partial charge in [-0.1, -0.05) is 0 Å². The zero-order valence-electron chi connectivity index (χ0n) is 9.82. The van der Waals surface area contributed by atoms with Gasteiger partial charge < -0.3 is 15.7 Å². The minimum atomic E-state index is -0.0693. The predicted octanol–water partition coefficient (Wildman–Crippen LogP) is 1.88. The zero-order chi connectivity index (χ0) is 12.8. The summed E-state index contributed by atoms with van der Waals surface area (Å²) in [5.74, 6) is -0.0693. The molecule has 0 bridgehead atoms. The molecule has 0 radical (unpaired) electrons. The number of hydrogen-bond donors (Lipinski definition) is 2. The van der Waals surface area contributed by atoms with Crippen molar-refractivity contribution in [3.63, 3.8) is 0 Å². The first kappa shape index (κ1) is 14.0. The third-order valence-corrected chi connectivity index (χ3v) is 3.17. The molecule has 0 spiro atoms. The lowest BCUT2D eigenvalue weighted by Crippen LogP contribution is -2.32. The molecule has 0 atom stereocenters. The van der Waals surface area contributed by atoms with Crippen LogP contribution in [0.15, 0.2) is 22.7 Å². The number of halogens is 1. The molecule has 0 saturated carbocycles. The number of nitrogens with zero attached hydrogens (tertiary/aromatic N) is 1. The molecule has 94 valence electrons. The number of anilines is 1. The summed E-state index contributed by atoms with van der Waals surface area (Å²) in [6.07, 6.45) is 0.583. The number of benzene rings is 1. The quantitative estimate of drug-likeness (QED) is 0.816. The Bertz CT molecular complexity index is 396. The number of nitrogen functional groups attached to an aromatic ring is 1. The van der Waals surface area contributed by atoms with E-state index in [1.54, 1.807) is 23.1 Å². The van der Waals surface area contributed by atoms with Crippen LogP contribution in [0, 0.1) is 0 Å². The highest BCUT2D eigenvalue weighted by Crippen LogP contribution is 2.21. The predicted molar refractivity (Wildman–Crippen MR) is 71.8 cm³/mol. The van der Waals surface area contributed by atoms with E-state index in [0.717, 1.165) is 4.47 Å². The molecule has 0 saturated heterocycles. The van der Waals surface area contributed by atoms with Gasteiger partial charge in [0.25, 0.3) is 5.91 Å². The number of amides is 1. The fraction of sp³-hybridized carbons (Fsp3) is 0.417. The molecule has 4 nitrogen and oxygen atoms in total. The third kappa shape index (κ3) is 3.71. The second-order valence-corrected chi connectivity index (χ2v) is 4.56. The highest BCUT2D eigenvalue weighted by atomic mass is 79.9. The van der Waals surface area contributed by atoms with Crippen molar-refractivity contribution in [2.75, 3.05) is 25.4 Å². The number of aliphatic hydroxyl groups is 1. The van der Waals surface area contributed by atoms with Crippen LogP contribution in [-0.2, 0) is 0 Å². The minimum absolute atomic E-state index is 0.0693. The van der Waals surface area contributed by atoms with Gasteiger partial charge in [-0.3, -0.25) is 4.79 Å². The van der Waals surface area contributed by atoms with Crippen LogP contribution in [0.3, 0.4) is 0 Å². The number of hydrogen-bond acceptors (Lipinski definition) is 3. The van der Waals surface area contributed by atoms with E-state index in [-0.39, 0.29) is 12.5 Å². The van der Waals surface area contributed by atoms with Gasteiger partial charge in [0.2, 0.25) is 0 Å². The molecule has 3 N–H and O–H groups in total. The summed E-state index contributed by atoms with van der Waals surface area (Å²) in [7, 11) is 0. The van der Waals surface area contributed by atoms with Gasteiger partial charge in [0.05, 0.1) is 5.56 Å². The fourth-order valence-electron chi connectivity index (χ4n) is 1.54. The zero-order valence-corrected chi connectivity index (χ0v) is 11.4. The standard InChI is InChI=1S/C12H17BrN2O2/c1-2-15(6-3-7-16)12(17)10-8-9(14)4-5-11(10)13/h4-5,8,16H,2-3,6-7,14H2,1H3. The van der Waals surface area contributed by atoms with Crippen molar-refractivity contribution >= 4 is 27.5 Å². The lowest BCUT2D eigenvalue weighted by atomic mass is 10.1. The average molecular weight is 301 g/mol. The van der Waals surface area contributed by atoms with Crippen molar-refractivity contribution in [2.24, 2.45) is 0 Å². The van der Waals surface area contributed by atoms with Crippen molar-refractivity contribution in [2.45, 2.75) is 13.3 Å². The van der Waals surface area contributed by atoms with Crippen molar-refractivity contribution in [1.29, 1.82) is 0 Å². The molecule has 0 heterocycles. The maximum absolute atomic E-state index is 12.2. The highest BCUT2D eigenvalue weighted by molar-refractivity contribution is 9.10. The maximum atomic E-state index is 12.2. The molecule has 0 fully saturated rings. The van der Waals surface area contributed by atoms with Gasteiger partial charge in [-0.05, 0) is 47.5 Å². The lowest BCUT2D eigenvalue weighted by molar-refractivity contribution is 0.0753. The molecule has 5 heteroatoms. The van der Waals surface area contributed by atoms with E-state index in [1.165, 1.54) is 0 Å². The first-order valence-electron chi connectivity index (χ1n) is 5.55. The molecule has 1 rings (SSSR count). The highest BCUT2D eigenvalue weighted by Gasteiger charge is 2.16. The monoisotopic (exact) mass is 300 g/mol. The Morgan fingerprint density at radius 1 is 1.53 bits per heavy atom. The Labute approximate surface area is 110 Å². The van der Waals surface area contributed by atoms with E-state index in [1.807, 2.05) is 6.92 Å². The summed E-state index contributed by atoms with van der Waals surface area (Å²) in [5, 5.41) is 8.79. The van der Waals surface area contributed by atoms with Crippen LogP contribution in [0.4, 0.5) is 5.69 Å². The van der Waals surface area contributed by atoms with Crippen molar-refractivity contribution in [3.8, 4) is 0 Å². The third-order valence-electron chi connectivity index (χ3n) is 2.48. The van der Waals surface area contributed by atoms with Crippen LogP contribution in [0.1, 0.15) is 23.7 Å². The largest absolute Gasteiger partial charge is 0.399 e. The molecule has 1 aromatic carbocycles. The Hall–Kier alpha value is -1.07. The normalized spacial score (nSPS) is 10.3. The second-order valence-electron chi connectivity index (χ2n) is 3.70. The van der Waals surface area contributed by atoms with Crippen LogP contribution in [0.25, 0.3) is 0 Å². The van der Waals surface area contributed by atoms with Gasteiger partial charge in [0.1, 0.15) is 0 Å². The SMILES string of the molecule is CCN(CCCO)C(=O)c1cc(N)ccc1Br. The van der Waals surface area contributed by atoms with Crippen LogP contribution in [-0.4, -0.2) is 35.6 Å². The van der Waals surface area contributed by atoms with E-state index < -0.39 is 0 Å². The summed E-state index contributed by atoms with van der Waals surface area (Å²) < 4.78 is 0.735. The molecular weight excluding hydrogens is 284 g/mol. The van der Waals surface area contributed by atoms with E-state index in [0.29, 0.717) is 30.8 Å². The fourth-order valence-corrected chi connectivity index (χ4v) is 1.96. The number of rotatable bonds is 5. The van der Waals surface area contributed by atoms with Crippen molar-refractivity contribution in [3.05, 3.63) is 28.2 Å². The Morgan fingerprint density at radius 2 is 2.24 bits per heavy atom. The smallest absolute Gasteiger partial charge is 0.255 e. The van der Waals surface area contributed by atoms with E-state index in [2.05, 4.69) is 15.9 Å². The van der Waals surface area contributed by atoms with Crippen LogP contribution >= 0.6 is 15.9 Å². The summed E-state index contributed by atoms with van der Waals surface area (Å²) in [6.45, 7) is 3.16. The molecule has 0 aliphatic carbocycles. The van der Waals surface area contributed by atoms with Gasteiger partial charge in [-0.2, -0.15) is 0 Å². The molecule has 17 heavy (non-hydrogen) atoms. The summed E-state index contributed by atoms with van der Waals surface area (Å²) in [4.78, 5) is 13.9. The second kappa shape index (κ2) is 6.61. The van der Waals surface area contributed by atoms with Gasteiger partial charge in [-0.25, -0.2) is 0 Å². The lowest BCUT2D eigenvalue weighted by Gasteiger charge is -2.21. The molecular formula is C12H17BrN2O2. The van der Waals surface area contributed by atoms with E-state index >= 15 is 0 Å². The van der Waals surface area contributed by atoms with Gasteiger partial charge in [-0.15, -0.1) is 0 Å². The topological polar surface area (TPSA) is 66.6 Å². The van der Waals surface area contributed by atoms with E-state index in [9.17, 15) is 4.79 Å². The number of carbonyl (C=O) groups is 1. The maximum Gasteiger partial charge on any atom is 0.255 e. The van der Waals surface area contributed by atoms with E-state index in [4.69, 9.17) is 10.8 Å². The first-order chi connectivity index (χ1) is 8.10. The molecule has 1 amide bonds. The Kier molecular flexibility index (Phi) is 5.44. The molecule has 0 aliphatic heterocycles. The van der Waals surface area contributed by atoms with Gasteiger partial charge in [0.15, 0.2) is 0 Å². The van der Waals surface area contributed by atoms with Crippen LogP contribution in [0.5, 0.6) is 0 Å². The van der Waals surface area contributed by atoms with Crippen molar-refractivity contribution in [1.82, 2.24) is 4.90 Å². The summed E-state index contributed by atoms with van der Waals surface area (Å²) in [5.41, 5.74) is 6.80. The van der Waals surface area contributed by atoms with Crippen LogP contribution in [0.2, 0.25) is 0 Å². The molecule has 0 aliphatic rings. The first-order valence-corrected chi connectivity index (χ1v) is 6.34. The van der Waals surface area contributed by atoms with Gasteiger partial charge >= 0.3 is 0 Å². The summed E-state index contributed by atoms with van der Waals surface area (Å²) >= 11 is 3.34. The van der Waals surface area contributed by atoms with Crippen molar-refractivity contribution < 1.29 is 9.90 Å². The van der Waals surface area contributed by atoms with Gasteiger partial charge in [0, 0.05) is 29.9 Å². The summed E-state index contributed by atoms with van der Waals surface area (Å²) in [6, 6.07) is 5.17. The molecule has 0 unspecified atom stereocenters. The number of nitrogens with two attached hydrogens (primary N) is 1.